The van der Waals surface area contributed by atoms with Crippen LogP contribution in [0, 0.1) is 17.6 Å². The Labute approximate surface area is 149 Å². The zero-order chi connectivity index (χ0) is 17.8. The smallest absolute Gasteiger partial charge is 0.129 e. The number of hydrogen-bond donors (Lipinski definition) is 0. The van der Waals surface area contributed by atoms with E-state index in [0.717, 1.165) is 31.2 Å². The Balaban J connectivity index is 1.66. The van der Waals surface area contributed by atoms with Gasteiger partial charge in [-0.15, -0.1) is 0 Å². The fourth-order valence-corrected chi connectivity index (χ4v) is 3.84. The van der Waals surface area contributed by atoms with Crippen LogP contribution in [0.5, 0.6) is 0 Å². The van der Waals surface area contributed by atoms with Crippen molar-refractivity contribution in [2.24, 2.45) is 5.92 Å². The molecule has 1 unspecified atom stereocenters. The lowest BCUT2D eigenvalue weighted by Crippen LogP contribution is -2.15. The van der Waals surface area contributed by atoms with Gasteiger partial charge in [-0.1, -0.05) is 37.3 Å². The van der Waals surface area contributed by atoms with Gasteiger partial charge in [0.25, 0.3) is 0 Å². The van der Waals surface area contributed by atoms with Gasteiger partial charge in [0, 0.05) is 5.56 Å². The molecule has 1 atom stereocenters. The highest BCUT2D eigenvalue weighted by atomic mass is 19.1. The SMILES string of the molecule is C/C=C/c1ccc2c(c1)CCC(CCc1c(F)cc(CC)cc1F)C2. The maximum absolute atomic E-state index is 14.2. The van der Waals surface area contributed by atoms with E-state index in [-0.39, 0.29) is 17.2 Å². The number of benzene rings is 2. The number of hydrogen-bond acceptors (Lipinski definition) is 0. The first-order valence-corrected chi connectivity index (χ1v) is 9.32. The number of fused-ring (bicyclic) bond motifs is 1. The summed E-state index contributed by atoms with van der Waals surface area (Å²) in [6, 6.07) is 9.61. The molecule has 2 aromatic carbocycles. The highest BCUT2D eigenvalue weighted by Gasteiger charge is 2.20. The fraction of sp³-hybridized carbons (Fsp3) is 0.391. The quantitative estimate of drug-likeness (QED) is 0.599. The summed E-state index contributed by atoms with van der Waals surface area (Å²) in [6.45, 7) is 3.94. The highest BCUT2D eigenvalue weighted by molar-refractivity contribution is 5.52. The number of halogens is 2. The summed E-state index contributed by atoms with van der Waals surface area (Å²) in [5.41, 5.74) is 5.05. The van der Waals surface area contributed by atoms with E-state index in [1.54, 1.807) is 0 Å². The Morgan fingerprint density at radius 3 is 2.52 bits per heavy atom. The van der Waals surface area contributed by atoms with Crippen molar-refractivity contribution in [2.45, 2.75) is 52.4 Å². The lowest BCUT2D eigenvalue weighted by Gasteiger charge is -2.25. The fourth-order valence-electron chi connectivity index (χ4n) is 3.84. The molecule has 0 saturated heterocycles. The standard InChI is InChI=1S/C23H26F2/c1-3-5-17-6-9-20-13-18(7-10-19(20)12-17)8-11-21-22(24)14-16(4-2)15-23(21)25/h3,5-6,9,12,14-15,18H,4,7-8,10-11,13H2,1-2H3/b5-3+. The van der Waals surface area contributed by atoms with Crippen molar-refractivity contribution < 1.29 is 8.78 Å². The summed E-state index contributed by atoms with van der Waals surface area (Å²) in [6.07, 6.45) is 9.34. The van der Waals surface area contributed by atoms with E-state index in [2.05, 4.69) is 30.4 Å². The van der Waals surface area contributed by atoms with Crippen molar-refractivity contribution in [3.8, 4) is 0 Å². The van der Waals surface area contributed by atoms with Crippen LogP contribution in [-0.2, 0) is 25.7 Å². The summed E-state index contributed by atoms with van der Waals surface area (Å²) in [5, 5.41) is 0. The van der Waals surface area contributed by atoms with Crippen molar-refractivity contribution in [1.29, 1.82) is 0 Å². The molecule has 0 fully saturated rings. The maximum atomic E-state index is 14.2. The first-order chi connectivity index (χ1) is 12.1. The minimum Gasteiger partial charge on any atom is -0.207 e. The largest absolute Gasteiger partial charge is 0.207 e. The van der Waals surface area contributed by atoms with Gasteiger partial charge in [-0.3, -0.25) is 0 Å². The lowest BCUT2D eigenvalue weighted by atomic mass is 9.80. The molecule has 0 spiro atoms. The van der Waals surface area contributed by atoms with E-state index in [1.165, 1.54) is 28.8 Å². The van der Waals surface area contributed by atoms with Crippen LogP contribution < -0.4 is 0 Å². The van der Waals surface area contributed by atoms with Crippen molar-refractivity contribution in [1.82, 2.24) is 0 Å². The van der Waals surface area contributed by atoms with Crippen molar-refractivity contribution in [2.75, 3.05) is 0 Å². The topological polar surface area (TPSA) is 0 Å². The molecule has 1 aliphatic carbocycles. The summed E-state index contributed by atoms with van der Waals surface area (Å²) < 4.78 is 28.3. The molecular formula is C23H26F2. The van der Waals surface area contributed by atoms with Gasteiger partial charge in [0.05, 0.1) is 0 Å². The third-order valence-electron chi connectivity index (χ3n) is 5.33. The molecule has 0 heterocycles. The van der Waals surface area contributed by atoms with Crippen LogP contribution in [0.25, 0.3) is 6.08 Å². The molecule has 0 bridgehead atoms. The molecule has 0 radical (unpaired) electrons. The molecule has 2 aromatic rings. The molecule has 0 aliphatic heterocycles. The molecule has 0 aromatic heterocycles. The average Bonchev–Trinajstić information content (AvgIpc) is 2.61. The van der Waals surface area contributed by atoms with Gasteiger partial charge in [0.1, 0.15) is 11.6 Å². The van der Waals surface area contributed by atoms with Crippen LogP contribution >= 0.6 is 0 Å². The van der Waals surface area contributed by atoms with E-state index < -0.39 is 0 Å². The summed E-state index contributed by atoms with van der Waals surface area (Å²) >= 11 is 0. The van der Waals surface area contributed by atoms with Crippen LogP contribution in [-0.4, -0.2) is 0 Å². The first kappa shape index (κ1) is 17.8. The predicted octanol–water partition coefficient (Wildman–Crippen LogP) is 6.30. The van der Waals surface area contributed by atoms with Crippen LogP contribution in [0.3, 0.4) is 0 Å². The minimum absolute atomic E-state index is 0.256. The monoisotopic (exact) mass is 340 g/mol. The van der Waals surface area contributed by atoms with E-state index in [1.807, 2.05) is 13.8 Å². The molecule has 0 amide bonds. The number of aryl methyl sites for hydroxylation is 2. The molecule has 0 nitrogen and oxygen atoms in total. The molecule has 0 saturated carbocycles. The van der Waals surface area contributed by atoms with Gasteiger partial charge in [-0.2, -0.15) is 0 Å². The Kier molecular flexibility index (Phi) is 5.67. The third kappa shape index (κ3) is 4.18. The van der Waals surface area contributed by atoms with Crippen molar-refractivity contribution in [3.05, 3.63) is 75.9 Å². The molecule has 132 valence electrons. The molecular weight excluding hydrogens is 314 g/mol. The van der Waals surface area contributed by atoms with E-state index in [4.69, 9.17) is 0 Å². The molecule has 2 heteroatoms. The zero-order valence-electron chi connectivity index (χ0n) is 15.1. The van der Waals surface area contributed by atoms with Crippen molar-refractivity contribution >= 4 is 6.08 Å². The third-order valence-corrected chi connectivity index (χ3v) is 5.33. The Morgan fingerprint density at radius 2 is 1.84 bits per heavy atom. The maximum Gasteiger partial charge on any atom is 0.129 e. The van der Waals surface area contributed by atoms with Crippen molar-refractivity contribution in [3.63, 3.8) is 0 Å². The van der Waals surface area contributed by atoms with Gasteiger partial charge in [0.15, 0.2) is 0 Å². The second kappa shape index (κ2) is 7.95. The normalized spacial score (nSPS) is 17.0. The van der Waals surface area contributed by atoms with Crippen LogP contribution in [0.1, 0.15) is 54.5 Å². The van der Waals surface area contributed by atoms with Gasteiger partial charge < -0.3 is 0 Å². The van der Waals surface area contributed by atoms with Gasteiger partial charge >= 0.3 is 0 Å². The Bertz CT molecular complexity index is 751. The molecule has 0 N–H and O–H groups in total. The highest BCUT2D eigenvalue weighted by Crippen LogP contribution is 2.30. The number of rotatable bonds is 5. The van der Waals surface area contributed by atoms with E-state index in [0.29, 0.717) is 18.8 Å². The second-order valence-corrected chi connectivity index (χ2v) is 7.07. The summed E-state index contributed by atoms with van der Waals surface area (Å²) in [7, 11) is 0. The second-order valence-electron chi connectivity index (χ2n) is 7.07. The molecule has 3 rings (SSSR count). The molecule has 1 aliphatic rings. The van der Waals surface area contributed by atoms with Crippen LogP contribution in [0.2, 0.25) is 0 Å². The first-order valence-electron chi connectivity index (χ1n) is 9.32. The summed E-state index contributed by atoms with van der Waals surface area (Å²) in [5.74, 6) is -0.266. The summed E-state index contributed by atoms with van der Waals surface area (Å²) in [4.78, 5) is 0. The van der Waals surface area contributed by atoms with Gasteiger partial charge in [0.2, 0.25) is 0 Å². The van der Waals surface area contributed by atoms with Gasteiger partial charge in [-0.25, -0.2) is 8.78 Å². The van der Waals surface area contributed by atoms with Crippen LogP contribution in [0.4, 0.5) is 8.78 Å². The lowest BCUT2D eigenvalue weighted by molar-refractivity contribution is 0.418. The average molecular weight is 340 g/mol. The molecule has 25 heavy (non-hydrogen) atoms. The minimum atomic E-state index is -0.385. The Hall–Kier alpha value is -1.96. The van der Waals surface area contributed by atoms with E-state index >= 15 is 0 Å². The van der Waals surface area contributed by atoms with E-state index in [9.17, 15) is 8.78 Å². The Morgan fingerprint density at radius 1 is 1.08 bits per heavy atom. The predicted molar refractivity (Wildman–Crippen MR) is 101 cm³/mol. The zero-order valence-corrected chi connectivity index (χ0v) is 15.1. The van der Waals surface area contributed by atoms with Crippen LogP contribution in [0.15, 0.2) is 36.4 Å². The number of allylic oxidation sites excluding steroid dienone is 1. The van der Waals surface area contributed by atoms with Gasteiger partial charge in [-0.05, 0) is 85.8 Å².